The Bertz CT molecular complexity index is 524. The Balaban J connectivity index is 2.16. The molecule has 0 saturated heterocycles. The summed E-state index contributed by atoms with van der Waals surface area (Å²) in [6, 6.07) is 7.19. The molecule has 0 saturated carbocycles. The largest absolute Gasteiger partial charge is 0.378 e. The highest BCUT2D eigenvalue weighted by Gasteiger charge is 2.05. The third kappa shape index (κ3) is 3.51. The molecule has 1 heterocycles. The van der Waals surface area contributed by atoms with E-state index in [1.54, 1.807) is 18.3 Å². The number of nitrogens with zero attached hydrogens (tertiary/aromatic N) is 1. The maximum Gasteiger partial charge on any atom is 0.152 e. The fourth-order valence-electron chi connectivity index (χ4n) is 1.42. The zero-order valence-electron chi connectivity index (χ0n) is 9.05. The van der Waals surface area contributed by atoms with Crippen LogP contribution in [0.4, 0.5) is 5.69 Å². The van der Waals surface area contributed by atoms with Gasteiger partial charge in [0.15, 0.2) is 5.15 Å². The molecule has 2 aromatic rings. The Kier molecular flexibility index (Phi) is 4.73. The summed E-state index contributed by atoms with van der Waals surface area (Å²) in [6.07, 6.45) is 1.64. The topological polar surface area (TPSA) is 24.9 Å². The van der Waals surface area contributed by atoms with Gasteiger partial charge >= 0.3 is 0 Å². The SMILES string of the molecule is Clc1ccc(Cl)c(CNc2cc(Br)cnc2Cl)c1. The van der Waals surface area contributed by atoms with Crippen LogP contribution in [0.5, 0.6) is 0 Å². The maximum atomic E-state index is 6.08. The summed E-state index contributed by atoms with van der Waals surface area (Å²) in [6.45, 7) is 0.525. The lowest BCUT2D eigenvalue weighted by Gasteiger charge is -2.10. The van der Waals surface area contributed by atoms with Crippen LogP contribution in [0.15, 0.2) is 34.9 Å². The Hall–Kier alpha value is -0.480. The number of aromatic nitrogens is 1. The molecule has 0 unspecified atom stereocenters. The molecule has 0 atom stereocenters. The summed E-state index contributed by atoms with van der Waals surface area (Å²) in [5.74, 6) is 0. The van der Waals surface area contributed by atoms with Crippen LogP contribution in [0.2, 0.25) is 15.2 Å². The Morgan fingerprint density at radius 2 is 1.94 bits per heavy atom. The molecule has 94 valence electrons. The van der Waals surface area contributed by atoms with Gasteiger partial charge in [0.1, 0.15) is 0 Å². The van der Waals surface area contributed by atoms with Gasteiger partial charge in [-0.15, -0.1) is 0 Å². The van der Waals surface area contributed by atoms with E-state index in [2.05, 4.69) is 26.2 Å². The maximum absolute atomic E-state index is 6.08. The van der Waals surface area contributed by atoms with Gasteiger partial charge < -0.3 is 5.32 Å². The van der Waals surface area contributed by atoms with Gasteiger partial charge in [0, 0.05) is 27.3 Å². The van der Waals surface area contributed by atoms with Gasteiger partial charge in [-0.1, -0.05) is 34.8 Å². The molecule has 0 fully saturated rings. The quantitative estimate of drug-likeness (QED) is 0.734. The van der Waals surface area contributed by atoms with Crippen LogP contribution in [-0.2, 0) is 6.54 Å². The van der Waals surface area contributed by atoms with Gasteiger partial charge in [-0.05, 0) is 45.8 Å². The third-order valence-corrected chi connectivity index (χ3v) is 3.62. The van der Waals surface area contributed by atoms with E-state index in [0.29, 0.717) is 21.7 Å². The summed E-state index contributed by atoms with van der Waals surface area (Å²) in [4.78, 5) is 4.03. The van der Waals surface area contributed by atoms with Crippen molar-refractivity contribution in [2.75, 3.05) is 5.32 Å². The average molecular weight is 366 g/mol. The van der Waals surface area contributed by atoms with Crippen LogP contribution < -0.4 is 5.32 Å². The number of hydrogen-bond donors (Lipinski definition) is 1. The lowest BCUT2D eigenvalue weighted by Crippen LogP contribution is -2.01. The van der Waals surface area contributed by atoms with Crippen molar-refractivity contribution in [1.29, 1.82) is 0 Å². The van der Waals surface area contributed by atoms with E-state index in [-0.39, 0.29) is 0 Å². The van der Waals surface area contributed by atoms with Gasteiger partial charge in [0.25, 0.3) is 0 Å². The highest BCUT2D eigenvalue weighted by Crippen LogP contribution is 2.25. The highest BCUT2D eigenvalue weighted by atomic mass is 79.9. The van der Waals surface area contributed by atoms with Crippen LogP contribution in [0, 0.1) is 0 Å². The van der Waals surface area contributed by atoms with Crippen molar-refractivity contribution < 1.29 is 0 Å². The molecule has 1 aromatic carbocycles. The minimum absolute atomic E-state index is 0.413. The van der Waals surface area contributed by atoms with Crippen molar-refractivity contribution in [3.05, 3.63) is 55.7 Å². The van der Waals surface area contributed by atoms with Crippen molar-refractivity contribution in [2.24, 2.45) is 0 Å². The molecule has 0 bridgehead atoms. The Morgan fingerprint density at radius 3 is 2.72 bits per heavy atom. The molecule has 0 spiro atoms. The van der Waals surface area contributed by atoms with E-state index in [4.69, 9.17) is 34.8 Å². The third-order valence-electron chi connectivity index (χ3n) is 2.28. The van der Waals surface area contributed by atoms with Gasteiger partial charge in [0.05, 0.1) is 5.69 Å². The molecule has 0 radical (unpaired) electrons. The molecule has 6 heteroatoms. The van der Waals surface area contributed by atoms with Crippen LogP contribution in [0.3, 0.4) is 0 Å². The lowest BCUT2D eigenvalue weighted by atomic mass is 10.2. The first kappa shape index (κ1) is 13.9. The summed E-state index contributed by atoms with van der Waals surface area (Å²) in [5.41, 5.74) is 1.64. The van der Waals surface area contributed by atoms with E-state index < -0.39 is 0 Å². The zero-order valence-corrected chi connectivity index (χ0v) is 12.9. The normalized spacial score (nSPS) is 10.4. The molecule has 2 rings (SSSR count). The van der Waals surface area contributed by atoms with Gasteiger partial charge in [-0.2, -0.15) is 0 Å². The lowest BCUT2D eigenvalue weighted by molar-refractivity contribution is 1.13. The number of hydrogen-bond acceptors (Lipinski definition) is 2. The minimum atomic E-state index is 0.413. The number of anilines is 1. The summed E-state index contributed by atoms with van der Waals surface area (Å²) < 4.78 is 0.853. The molecule has 0 aliphatic heterocycles. The highest BCUT2D eigenvalue weighted by molar-refractivity contribution is 9.10. The van der Waals surface area contributed by atoms with Crippen molar-refractivity contribution >= 4 is 56.4 Å². The summed E-state index contributed by atoms with van der Waals surface area (Å²) >= 11 is 21.3. The first-order valence-electron chi connectivity index (χ1n) is 5.05. The first-order chi connectivity index (χ1) is 8.56. The smallest absolute Gasteiger partial charge is 0.152 e. The molecule has 0 aliphatic carbocycles. The fourth-order valence-corrected chi connectivity index (χ4v) is 2.30. The molecule has 1 aromatic heterocycles. The summed E-state index contributed by atoms with van der Waals surface area (Å²) in [5, 5.41) is 4.89. The molecule has 0 amide bonds. The van der Waals surface area contributed by atoms with Crippen molar-refractivity contribution in [3.63, 3.8) is 0 Å². The number of benzene rings is 1. The zero-order chi connectivity index (χ0) is 13.1. The number of halogens is 4. The van der Waals surface area contributed by atoms with Gasteiger partial charge in [-0.3, -0.25) is 0 Å². The van der Waals surface area contributed by atoms with E-state index in [0.717, 1.165) is 15.7 Å². The standard InChI is InChI=1S/C12H8BrCl3N2/c13-8-4-11(12(16)18-6-8)17-5-7-3-9(14)1-2-10(7)15/h1-4,6,17H,5H2. The second kappa shape index (κ2) is 6.11. The van der Waals surface area contributed by atoms with Crippen LogP contribution in [-0.4, -0.2) is 4.98 Å². The molecule has 0 aliphatic rings. The van der Waals surface area contributed by atoms with Crippen molar-refractivity contribution in [1.82, 2.24) is 4.98 Å². The Morgan fingerprint density at radius 1 is 1.17 bits per heavy atom. The van der Waals surface area contributed by atoms with E-state index >= 15 is 0 Å². The van der Waals surface area contributed by atoms with Crippen LogP contribution >= 0.6 is 50.7 Å². The van der Waals surface area contributed by atoms with Crippen molar-refractivity contribution in [2.45, 2.75) is 6.54 Å². The van der Waals surface area contributed by atoms with Crippen molar-refractivity contribution in [3.8, 4) is 0 Å². The number of rotatable bonds is 3. The van der Waals surface area contributed by atoms with Crippen LogP contribution in [0.1, 0.15) is 5.56 Å². The van der Waals surface area contributed by atoms with E-state index in [1.807, 2.05) is 12.1 Å². The molecule has 2 nitrogen and oxygen atoms in total. The minimum Gasteiger partial charge on any atom is -0.378 e. The predicted molar refractivity (Wildman–Crippen MR) is 80.7 cm³/mol. The molecular weight excluding hydrogens is 358 g/mol. The Labute approximate surface area is 128 Å². The predicted octanol–water partition coefficient (Wildman–Crippen LogP) is 5.42. The van der Waals surface area contributed by atoms with Gasteiger partial charge in [0.2, 0.25) is 0 Å². The van der Waals surface area contributed by atoms with E-state index in [9.17, 15) is 0 Å². The number of pyridine rings is 1. The second-order valence-electron chi connectivity index (χ2n) is 3.58. The molecular formula is C12H8BrCl3N2. The average Bonchev–Trinajstić information content (AvgIpc) is 2.34. The first-order valence-corrected chi connectivity index (χ1v) is 6.98. The fraction of sp³-hybridized carbons (Fsp3) is 0.0833. The second-order valence-corrected chi connectivity index (χ2v) is 5.70. The van der Waals surface area contributed by atoms with E-state index in [1.165, 1.54) is 0 Å². The number of nitrogens with one attached hydrogen (secondary N) is 1. The van der Waals surface area contributed by atoms with Crippen LogP contribution in [0.25, 0.3) is 0 Å². The van der Waals surface area contributed by atoms with Gasteiger partial charge in [-0.25, -0.2) is 4.98 Å². The molecule has 1 N–H and O–H groups in total. The summed E-state index contributed by atoms with van der Waals surface area (Å²) in [7, 11) is 0. The monoisotopic (exact) mass is 364 g/mol. The molecule has 18 heavy (non-hydrogen) atoms.